The Morgan fingerprint density at radius 1 is 1.10 bits per heavy atom. The molecule has 0 heterocycles. The van der Waals surface area contributed by atoms with E-state index in [0.717, 1.165) is 12.0 Å². The monoisotopic (exact) mass is 349 g/mol. The SMILES string of the molecule is CCC(C)C(c1ccccc1)C(N)c1ccc(F)c(Br)c1. The summed E-state index contributed by atoms with van der Waals surface area (Å²) in [5, 5.41) is 0. The fourth-order valence-electron chi connectivity index (χ4n) is 2.75. The number of halogens is 2. The zero-order valence-electron chi connectivity index (χ0n) is 12.4. The van der Waals surface area contributed by atoms with Crippen molar-refractivity contribution in [3.05, 3.63) is 69.9 Å². The standard InChI is InChI=1S/C18H21BrFN/c1-3-12(2)17(13-7-5-4-6-8-13)18(21)14-9-10-16(20)15(19)11-14/h4-12,17-18H,3,21H2,1-2H3. The summed E-state index contributed by atoms with van der Waals surface area (Å²) < 4.78 is 13.9. The maximum Gasteiger partial charge on any atom is 0.137 e. The van der Waals surface area contributed by atoms with E-state index in [-0.39, 0.29) is 17.8 Å². The molecule has 2 rings (SSSR count). The van der Waals surface area contributed by atoms with Crippen molar-refractivity contribution >= 4 is 15.9 Å². The van der Waals surface area contributed by atoms with Crippen LogP contribution in [0.2, 0.25) is 0 Å². The van der Waals surface area contributed by atoms with Crippen LogP contribution < -0.4 is 5.73 Å². The molecule has 0 fully saturated rings. The number of hydrogen-bond acceptors (Lipinski definition) is 1. The van der Waals surface area contributed by atoms with Crippen LogP contribution in [0.1, 0.15) is 43.4 Å². The van der Waals surface area contributed by atoms with Gasteiger partial charge in [-0.15, -0.1) is 0 Å². The quantitative estimate of drug-likeness (QED) is 0.766. The molecule has 0 saturated heterocycles. The van der Waals surface area contributed by atoms with E-state index in [1.165, 1.54) is 11.6 Å². The highest BCUT2D eigenvalue weighted by molar-refractivity contribution is 9.10. The van der Waals surface area contributed by atoms with Crippen LogP contribution in [0.3, 0.4) is 0 Å². The smallest absolute Gasteiger partial charge is 0.137 e. The van der Waals surface area contributed by atoms with Gasteiger partial charge in [-0.2, -0.15) is 0 Å². The molecular weight excluding hydrogens is 329 g/mol. The second-order valence-electron chi connectivity index (χ2n) is 5.52. The molecule has 3 heteroatoms. The molecule has 21 heavy (non-hydrogen) atoms. The highest BCUT2D eigenvalue weighted by atomic mass is 79.9. The summed E-state index contributed by atoms with van der Waals surface area (Å²) in [6, 6.07) is 15.2. The minimum atomic E-state index is -0.259. The van der Waals surface area contributed by atoms with Crippen LogP contribution in [0, 0.1) is 11.7 Å². The van der Waals surface area contributed by atoms with Gasteiger partial charge in [-0.1, -0.05) is 56.7 Å². The van der Waals surface area contributed by atoms with Gasteiger partial charge < -0.3 is 5.73 Å². The van der Waals surface area contributed by atoms with Gasteiger partial charge in [0.15, 0.2) is 0 Å². The summed E-state index contributed by atoms with van der Waals surface area (Å²) in [6.45, 7) is 4.39. The lowest BCUT2D eigenvalue weighted by Gasteiger charge is -2.30. The van der Waals surface area contributed by atoms with E-state index >= 15 is 0 Å². The fraction of sp³-hybridized carbons (Fsp3) is 0.333. The molecule has 1 nitrogen and oxygen atoms in total. The summed E-state index contributed by atoms with van der Waals surface area (Å²) in [7, 11) is 0. The zero-order valence-corrected chi connectivity index (χ0v) is 14.0. The van der Waals surface area contributed by atoms with Crippen LogP contribution in [-0.2, 0) is 0 Å². The predicted molar refractivity (Wildman–Crippen MR) is 89.7 cm³/mol. The second kappa shape index (κ2) is 7.19. The van der Waals surface area contributed by atoms with Crippen molar-refractivity contribution in [1.29, 1.82) is 0 Å². The highest BCUT2D eigenvalue weighted by Gasteiger charge is 2.26. The first kappa shape index (κ1) is 16.2. The maximum absolute atomic E-state index is 13.4. The molecule has 0 saturated carbocycles. The van der Waals surface area contributed by atoms with Gasteiger partial charge in [0.1, 0.15) is 5.82 Å². The average Bonchev–Trinajstić information content (AvgIpc) is 2.51. The molecule has 112 valence electrons. The van der Waals surface area contributed by atoms with Crippen molar-refractivity contribution in [1.82, 2.24) is 0 Å². The number of rotatable bonds is 5. The van der Waals surface area contributed by atoms with E-state index in [1.54, 1.807) is 12.1 Å². The van der Waals surface area contributed by atoms with Gasteiger partial charge in [0.25, 0.3) is 0 Å². The summed E-state index contributed by atoms with van der Waals surface area (Å²) in [6.07, 6.45) is 1.05. The van der Waals surface area contributed by atoms with Crippen molar-refractivity contribution in [2.75, 3.05) is 0 Å². The van der Waals surface area contributed by atoms with Gasteiger partial charge in [-0.25, -0.2) is 4.39 Å². The van der Waals surface area contributed by atoms with E-state index in [9.17, 15) is 4.39 Å². The number of nitrogens with two attached hydrogens (primary N) is 1. The first-order valence-electron chi connectivity index (χ1n) is 7.30. The molecule has 2 aromatic carbocycles. The van der Waals surface area contributed by atoms with Gasteiger partial charge in [0, 0.05) is 12.0 Å². The lowest BCUT2D eigenvalue weighted by atomic mass is 9.78. The van der Waals surface area contributed by atoms with E-state index in [1.807, 2.05) is 18.2 Å². The Balaban J connectivity index is 2.38. The van der Waals surface area contributed by atoms with E-state index in [0.29, 0.717) is 10.4 Å². The highest BCUT2D eigenvalue weighted by Crippen LogP contribution is 2.37. The zero-order chi connectivity index (χ0) is 15.4. The van der Waals surface area contributed by atoms with Crippen LogP contribution >= 0.6 is 15.9 Å². The molecule has 3 unspecified atom stereocenters. The molecule has 0 aliphatic carbocycles. The van der Waals surface area contributed by atoms with Crippen molar-refractivity contribution in [3.8, 4) is 0 Å². The molecule has 0 amide bonds. The van der Waals surface area contributed by atoms with E-state index in [2.05, 4.69) is 41.9 Å². The van der Waals surface area contributed by atoms with Gasteiger partial charge in [0.05, 0.1) is 4.47 Å². The molecule has 0 radical (unpaired) electrons. The first-order valence-corrected chi connectivity index (χ1v) is 8.09. The molecule has 3 atom stereocenters. The molecule has 0 aliphatic rings. The minimum absolute atomic E-state index is 0.153. The lowest BCUT2D eigenvalue weighted by Crippen LogP contribution is -2.25. The van der Waals surface area contributed by atoms with Gasteiger partial charge in [0.2, 0.25) is 0 Å². The molecule has 0 aliphatic heterocycles. The Bertz CT molecular complexity index is 585. The topological polar surface area (TPSA) is 26.0 Å². The van der Waals surface area contributed by atoms with Crippen LogP contribution in [0.4, 0.5) is 4.39 Å². The molecule has 2 aromatic rings. The third-order valence-corrected chi connectivity index (χ3v) is 4.76. The van der Waals surface area contributed by atoms with Crippen LogP contribution in [-0.4, -0.2) is 0 Å². The molecule has 0 spiro atoms. The Labute approximate surface area is 134 Å². The Kier molecular flexibility index (Phi) is 5.54. The Hall–Kier alpha value is -1.19. The van der Waals surface area contributed by atoms with E-state index < -0.39 is 0 Å². The Morgan fingerprint density at radius 2 is 1.76 bits per heavy atom. The Morgan fingerprint density at radius 3 is 2.33 bits per heavy atom. The first-order chi connectivity index (χ1) is 10.0. The van der Waals surface area contributed by atoms with Gasteiger partial charge in [-0.3, -0.25) is 0 Å². The number of hydrogen-bond donors (Lipinski definition) is 1. The van der Waals surface area contributed by atoms with Crippen molar-refractivity contribution in [2.45, 2.75) is 32.2 Å². The minimum Gasteiger partial charge on any atom is -0.323 e. The molecule has 0 bridgehead atoms. The third-order valence-electron chi connectivity index (χ3n) is 4.16. The summed E-state index contributed by atoms with van der Waals surface area (Å²) in [5.74, 6) is 0.408. The lowest BCUT2D eigenvalue weighted by molar-refractivity contribution is 0.387. The molecular formula is C18H21BrFN. The third kappa shape index (κ3) is 3.72. The van der Waals surface area contributed by atoms with Crippen LogP contribution in [0.25, 0.3) is 0 Å². The normalized spacial score (nSPS) is 15.5. The fourth-order valence-corrected chi connectivity index (χ4v) is 3.14. The molecule has 2 N–H and O–H groups in total. The largest absolute Gasteiger partial charge is 0.323 e. The summed E-state index contributed by atoms with van der Waals surface area (Å²) in [4.78, 5) is 0. The van der Waals surface area contributed by atoms with Crippen molar-refractivity contribution < 1.29 is 4.39 Å². The van der Waals surface area contributed by atoms with Crippen molar-refractivity contribution in [2.24, 2.45) is 11.7 Å². The second-order valence-corrected chi connectivity index (χ2v) is 6.38. The van der Waals surface area contributed by atoms with Crippen LogP contribution in [0.15, 0.2) is 53.0 Å². The maximum atomic E-state index is 13.4. The average molecular weight is 350 g/mol. The number of benzene rings is 2. The van der Waals surface area contributed by atoms with Gasteiger partial charge >= 0.3 is 0 Å². The summed E-state index contributed by atoms with van der Waals surface area (Å²) in [5.41, 5.74) is 8.72. The summed E-state index contributed by atoms with van der Waals surface area (Å²) >= 11 is 3.24. The van der Waals surface area contributed by atoms with Gasteiger partial charge in [-0.05, 0) is 45.1 Å². The van der Waals surface area contributed by atoms with E-state index in [4.69, 9.17) is 5.73 Å². The predicted octanol–water partition coefficient (Wildman–Crippen LogP) is 5.42. The van der Waals surface area contributed by atoms with Crippen molar-refractivity contribution in [3.63, 3.8) is 0 Å². The van der Waals surface area contributed by atoms with Crippen LogP contribution in [0.5, 0.6) is 0 Å². The molecule has 0 aromatic heterocycles.